The minimum Gasteiger partial charge on any atom is -0.381 e. The third-order valence-electron chi connectivity index (χ3n) is 2.10. The summed E-state index contributed by atoms with van der Waals surface area (Å²) in [5, 5.41) is 0. The van der Waals surface area contributed by atoms with Crippen molar-refractivity contribution in [3.8, 4) is 0 Å². The third kappa shape index (κ3) is 8.81. The van der Waals surface area contributed by atoms with Gasteiger partial charge >= 0.3 is 0 Å². The quantitative estimate of drug-likeness (QED) is 0.613. The van der Waals surface area contributed by atoms with Gasteiger partial charge in [-0.1, -0.05) is 0 Å². The van der Waals surface area contributed by atoms with Gasteiger partial charge in [-0.15, -0.1) is 0 Å². The molecule has 4 heteroatoms. The fourth-order valence-corrected chi connectivity index (χ4v) is 1.32. The molecule has 0 atom stereocenters. The van der Waals surface area contributed by atoms with Gasteiger partial charge in [-0.05, 0) is 19.3 Å². The first-order valence-corrected chi connectivity index (χ1v) is 5.81. The lowest BCUT2D eigenvalue weighted by atomic mass is 10.4. The second-order valence-electron chi connectivity index (χ2n) is 3.51. The first-order valence-electron chi connectivity index (χ1n) is 5.81. The molecule has 1 heterocycles. The SMILES string of the molecule is C1COCCCOCCOCCCOC1. The van der Waals surface area contributed by atoms with Crippen molar-refractivity contribution < 1.29 is 18.9 Å². The second kappa shape index (κ2) is 10.4. The standard InChI is InChI=1S/C11H22O4/c1-4-12-6-2-8-14-10-11-15-9-3-7-13-5-1/h1-11H2. The summed E-state index contributed by atoms with van der Waals surface area (Å²) in [6, 6.07) is 0. The zero-order chi connectivity index (χ0) is 10.6. The zero-order valence-corrected chi connectivity index (χ0v) is 9.41. The molecule has 1 rings (SSSR count). The van der Waals surface area contributed by atoms with E-state index in [2.05, 4.69) is 0 Å². The Morgan fingerprint density at radius 2 is 0.600 bits per heavy atom. The highest BCUT2D eigenvalue weighted by atomic mass is 16.5. The molecule has 0 amide bonds. The Hall–Kier alpha value is -0.160. The van der Waals surface area contributed by atoms with E-state index in [9.17, 15) is 0 Å². The zero-order valence-electron chi connectivity index (χ0n) is 9.41. The summed E-state index contributed by atoms with van der Waals surface area (Å²) in [4.78, 5) is 0. The van der Waals surface area contributed by atoms with E-state index in [1.165, 1.54) is 0 Å². The molecule has 4 nitrogen and oxygen atoms in total. The summed E-state index contributed by atoms with van der Waals surface area (Å²) in [7, 11) is 0. The highest BCUT2D eigenvalue weighted by molar-refractivity contribution is 4.41. The molecule has 1 saturated heterocycles. The average molecular weight is 218 g/mol. The Morgan fingerprint density at radius 3 is 0.933 bits per heavy atom. The Morgan fingerprint density at radius 1 is 0.333 bits per heavy atom. The Bertz CT molecular complexity index is 71.2. The molecule has 1 aliphatic heterocycles. The van der Waals surface area contributed by atoms with Crippen molar-refractivity contribution in [3.63, 3.8) is 0 Å². The van der Waals surface area contributed by atoms with Crippen molar-refractivity contribution in [2.45, 2.75) is 19.3 Å². The second-order valence-corrected chi connectivity index (χ2v) is 3.51. The van der Waals surface area contributed by atoms with E-state index in [1.807, 2.05) is 0 Å². The van der Waals surface area contributed by atoms with Crippen molar-refractivity contribution in [2.24, 2.45) is 0 Å². The molecule has 90 valence electrons. The monoisotopic (exact) mass is 218 g/mol. The fourth-order valence-electron chi connectivity index (χ4n) is 1.32. The largest absolute Gasteiger partial charge is 0.381 e. The molecule has 1 fully saturated rings. The molecule has 0 unspecified atom stereocenters. The van der Waals surface area contributed by atoms with Crippen LogP contribution in [0, 0.1) is 0 Å². The van der Waals surface area contributed by atoms with Gasteiger partial charge in [0, 0.05) is 39.6 Å². The smallest absolute Gasteiger partial charge is 0.0700 e. The summed E-state index contributed by atoms with van der Waals surface area (Å²) >= 11 is 0. The van der Waals surface area contributed by atoms with Crippen LogP contribution < -0.4 is 0 Å². The topological polar surface area (TPSA) is 36.9 Å². The van der Waals surface area contributed by atoms with Crippen molar-refractivity contribution in [3.05, 3.63) is 0 Å². The van der Waals surface area contributed by atoms with E-state index in [0.29, 0.717) is 13.2 Å². The van der Waals surface area contributed by atoms with E-state index in [1.54, 1.807) is 0 Å². The van der Waals surface area contributed by atoms with Crippen LogP contribution in [-0.2, 0) is 18.9 Å². The minimum absolute atomic E-state index is 0.681. The minimum atomic E-state index is 0.681. The van der Waals surface area contributed by atoms with Crippen molar-refractivity contribution >= 4 is 0 Å². The van der Waals surface area contributed by atoms with Crippen molar-refractivity contribution in [1.82, 2.24) is 0 Å². The van der Waals surface area contributed by atoms with Gasteiger partial charge in [-0.3, -0.25) is 0 Å². The van der Waals surface area contributed by atoms with E-state index in [0.717, 1.165) is 58.9 Å². The molecule has 0 N–H and O–H groups in total. The summed E-state index contributed by atoms with van der Waals surface area (Å²) in [6.45, 7) is 6.02. The summed E-state index contributed by atoms with van der Waals surface area (Å²) in [6.07, 6.45) is 2.89. The van der Waals surface area contributed by atoms with Crippen LogP contribution in [0.1, 0.15) is 19.3 Å². The van der Waals surface area contributed by atoms with Crippen LogP contribution in [0.4, 0.5) is 0 Å². The van der Waals surface area contributed by atoms with Gasteiger partial charge in [-0.2, -0.15) is 0 Å². The molecular weight excluding hydrogens is 196 g/mol. The van der Waals surface area contributed by atoms with Crippen molar-refractivity contribution in [1.29, 1.82) is 0 Å². The van der Waals surface area contributed by atoms with Gasteiger partial charge in [0.15, 0.2) is 0 Å². The fraction of sp³-hybridized carbons (Fsp3) is 1.00. The van der Waals surface area contributed by atoms with Crippen molar-refractivity contribution in [2.75, 3.05) is 52.9 Å². The number of hydrogen-bond donors (Lipinski definition) is 0. The first-order chi connectivity index (χ1) is 7.50. The Balaban J connectivity index is 2.01. The highest BCUT2D eigenvalue weighted by Crippen LogP contribution is 1.92. The molecule has 0 saturated carbocycles. The Kier molecular flexibility index (Phi) is 8.92. The van der Waals surface area contributed by atoms with Crippen LogP contribution in [0.15, 0.2) is 0 Å². The normalized spacial score (nSPS) is 24.0. The van der Waals surface area contributed by atoms with Crippen LogP contribution in [0.25, 0.3) is 0 Å². The van der Waals surface area contributed by atoms with E-state index in [4.69, 9.17) is 18.9 Å². The maximum Gasteiger partial charge on any atom is 0.0700 e. The molecule has 0 bridgehead atoms. The highest BCUT2D eigenvalue weighted by Gasteiger charge is 1.95. The predicted octanol–water partition coefficient (Wildman–Crippen LogP) is 1.24. The van der Waals surface area contributed by atoms with Gasteiger partial charge in [0.05, 0.1) is 13.2 Å². The maximum atomic E-state index is 5.42. The van der Waals surface area contributed by atoms with Crippen LogP contribution in [0.2, 0.25) is 0 Å². The summed E-state index contributed by atoms with van der Waals surface area (Å²) in [5.41, 5.74) is 0. The molecular formula is C11H22O4. The van der Waals surface area contributed by atoms with Gasteiger partial charge in [0.2, 0.25) is 0 Å². The summed E-state index contributed by atoms with van der Waals surface area (Å²) in [5.74, 6) is 0. The molecule has 0 aliphatic carbocycles. The van der Waals surface area contributed by atoms with Crippen LogP contribution in [0.5, 0.6) is 0 Å². The van der Waals surface area contributed by atoms with Gasteiger partial charge < -0.3 is 18.9 Å². The molecule has 0 aromatic rings. The van der Waals surface area contributed by atoms with E-state index >= 15 is 0 Å². The van der Waals surface area contributed by atoms with E-state index in [-0.39, 0.29) is 0 Å². The Labute approximate surface area is 91.8 Å². The van der Waals surface area contributed by atoms with Crippen LogP contribution in [-0.4, -0.2) is 52.9 Å². The molecule has 0 spiro atoms. The first kappa shape index (κ1) is 12.9. The predicted molar refractivity (Wildman–Crippen MR) is 57.1 cm³/mol. The van der Waals surface area contributed by atoms with Crippen LogP contribution >= 0.6 is 0 Å². The average Bonchev–Trinajstić information content (AvgIpc) is 2.27. The summed E-state index contributed by atoms with van der Waals surface area (Å²) < 4.78 is 21.6. The maximum absolute atomic E-state index is 5.42. The lowest BCUT2D eigenvalue weighted by Gasteiger charge is -2.05. The van der Waals surface area contributed by atoms with Gasteiger partial charge in [0.1, 0.15) is 0 Å². The molecule has 0 aromatic heterocycles. The number of ether oxygens (including phenoxy) is 4. The molecule has 15 heavy (non-hydrogen) atoms. The van der Waals surface area contributed by atoms with E-state index < -0.39 is 0 Å². The third-order valence-corrected chi connectivity index (χ3v) is 2.10. The van der Waals surface area contributed by atoms with Gasteiger partial charge in [0.25, 0.3) is 0 Å². The lowest BCUT2D eigenvalue weighted by Crippen LogP contribution is -2.08. The molecule has 0 aromatic carbocycles. The van der Waals surface area contributed by atoms with Crippen LogP contribution in [0.3, 0.4) is 0 Å². The van der Waals surface area contributed by atoms with Gasteiger partial charge in [-0.25, -0.2) is 0 Å². The molecule has 0 radical (unpaired) electrons. The lowest BCUT2D eigenvalue weighted by molar-refractivity contribution is 0.0335. The number of hydrogen-bond acceptors (Lipinski definition) is 4. The molecule has 1 aliphatic rings. The number of rotatable bonds is 0.